The van der Waals surface area contributed by atoms with E-state index in [1.54, 1.807) is 18.9 Å². The minimum atomic E-state index is -0.622. The van der Waals surface area contributed by atoms with E-state index < -0.39 is 5.54 Å². The maximum atomic E-state index is 13.1. The van der Waals surface area contributed by atoms with Gasteiger partial charge in [-0.3, -0.25) is 9.59 Å². The monoisotopic (exact) mass is 412 g/mol. The number of nitrogens with one attached hydrogen (secondary N) is 1. The molecule has 4 rings (SSSR count). The van der Waals surface area contributed by atoms with Crippen LogP contribution >= 0.6 is 0 Å². The molecule has 1 aliphatic carbocycles. The second kappa shape index (κ2) is 8.45. The molecular formula is C22H28N4O4. The molecule has 0 unspecified atom stereocenters. The number of carbonyl (C=O) groups is 2. The van der Waals surface area contributed by atoms with Crippen LogP contribution in [0.3, 0.4) is 0 Å². The molecule has 1 aliphatic heterocycles. The number of benzene rings is 1. The van der Waals surface area contributed by atoms with Gasteiger partial charge in [0.15, 0.2) is 5.82 Å². The zero-order valence-electron chi connectivity index (χ0n) is 17.5. The lowest BCUT2D eigenvalue weighted by Gasteiger charge is -2.35. The standard InChI is InChI=1S/C22H28N4O4/c1-15-23-21(30-25-15)22(10-4-3-5-11-22)24-20(28)17-12-19(27)26(14-17)13-16-6-8-18(29-2)9-7-16/h6-9,17H,3-5,10-14H2,1-2H3,(H,24,28)/t17-/m1/s1. The molecule has 0 bridgehead atoms. The molecule has 1 aromatic carbocycles. The Morgan fingerprint density at radius 3 is 2.63 bits per heavy atom. The summed E-state index contributed by atoms with van der Waals surface area (Å²) in [5.41, 5.74) is 0.388. The second-order valence-corrected chi connectivity index (χ2v) is 8.30. The van der Waals surface area contributed by atoms with Crippen LogP contribution in [0.4, 0.5) is 0 Å². The zero-order valence-corrected chi connectivity index (χ0v) is 17.5. The van der Waals surface area contributed by atoms with Crippen LogP contribution in [0.5, 0.6) is 5.75 Å². The van der Waals surface area contributed by atoms with Crippen LogP contribution in [0.1, 0.15) is 55.8 Å². The first-order valence-corrected chi connectivity index (χ1v) is 10.5. The molecule has 1 aromatic heterocycles. The van der Waals surface area contributed by atoms with E-state index in [0.717, 1.165) is 43.4 Å². The van der Waals surface area contributed by atoms with E-state index in [1.807, 2.05) is 24.3 Å². The Kier molecular flexibility index (Phi) is 5.74. The second-order valence-electron chi connectivity index (χ2n) is 8.30. The highest BCUT2D eigenvalue weighted by molar-refractivity contribution is 5.89. The smallest absolute Gasteiger partial charge is 0.252 e. The van der Waals surface area contributed by atoms with Crippen molar-refractivity contribution in [3.8, 4) is 5.75 Å². The summed E-state index contributed by atoms with van der Waals surface area (Å²) >= 11 is 0. The van der Waals surface area contributed by atoms with E-state index in [-0.39, 0.29) is 24.2 Å². The minimum absolute atomic E-state index is 0.00250. The summed E-state index contributed by atoms with van der Waals surface area (Å²) in [6.45, 7) is 2.67. The van der Waals surface area contributed by atoms with Gasteiger partial charge in [-0.1, -0.05) is 36.6 Å². The summed E-state index contributed by atoms with van der Waals surface area (Å²) in [6.07, 6.45) is 4.89. The molecule has 2 fully saturated rings. The molecule has 2 heterocycles. The average Bonchev–Trinajstić information content (AvgIpc) is 3.35. The first kappa shape index (κ1) is 20.4. The van der Waals surface area contributed by atoms with E-state index >= 15 is 0 Å². The van der Waals surface area contributed by atoms with Gasteiger partial charge >= 0.3 is 0 Å². The molecule has 0 radical (unpaired) electrons. The quantitative estimate of drug-likeness (QED) is 0.783. The Bertz CT molecular complexity index is 902. The van der Waals surface area contributed by atoms with E-state index in [2.05, 4.69) is 15.5 Å². The van der Waals surface area contributed by atoms with Crippen molar-refractivity contribution in [1.29, 1.82) is 0 Å². The van der Waals surface area contributed by atoms with Crippen LogP contribution in [0.2, 0.25) is 0 Å². The number of hydrogen-bond acceptors (Lipinski definition) is 6. The molecule has 160 valence electrons. The van der Waals surface area contributed by atoms with E-state index in [4.69, 9.17) is 9.26 Å². The highest BCUT2D eigenvalue weighted by atomic mass is 16.5. The number of carbonyl (C=O) groups excluding carboxylic acids is 2. The number of methoxy groups -OCH3 is 1. The van der Waals surface area contributed by atoms with Crippen molar-refractivity contribution >= 4 is 11.8 Å². The molecule has 8 nitrogen and oxygen atoms in total. The Balaban J connectivity index is 1.43. The molecule has 8 heteroatoms. The summed E-state index contributed by atoms with van der Waals surface area (Å²) < 4.78 is 10.6. The SMILES string of the molecule is COc1ccc(CN2C[C@H](C(=O)NC3(c4nc(C)no4)CCCCC3)CC2=O)cc1. The Morgan fingerprint density at radius 2 is 2.00 bits per heavy atom. The third kappa shape index (κ3) is 4.17. The summed E-state index contributed by atoms with van der Waals surface area (Å²) in [4.78, 5) is 31.8. The fourth-order valence-electron chi connectivity index (χ4n) is 4.43. The molecule has 1 N–H and O–H groups in total. The third-order valence-electron chi connectivity index (χ3n) is 6.12. The average molecular weight is 412 g/mol. The lowest BCUT2D eigenvalue weighted by atomic mass is 9.81. The van der Waals surface area contributed by atoms with Crippen molar-refractivity contribution in [3.63, 3.8) is 0 Å². The summed E-state index contributed by atoms with van der Waals surface area (Å²) in [6, 6.07) is 7.63. The Morgan fingerprint density at radius 1 is 1.27 bits per heavy atom. The van der Waals surface area contributed by atoms with Gasteiger partial charge in [0.05, 0.1) is 13.0 Å². The van der Waals surface area contributed by atoms with E-state index in [0.29, 0.717) is 24.8 Å². The topological polar surface area (TPSA) is 97.6 Å². The maximum absolute atomic E-state index is 13.1. The largest absolute Gasteiger partial charge is 0.497 e. The number of amides is 2. The molecule has 2 aromatic rings. The fourth-order valence-corrected chi connectivity index (χ4v) is 4.43. The van der Waals surface area contributed by atoms with E-state index in [1.165, 1.54) is 0 Å². The predicted molar refractivity (Wildman–Crippen MR) is 108 cm³/mol. The Hall–Kier alpha value is -2.90. The number of nitrogens with zero attached hydrogens (tertiary/aromatic N) is 3. The number of aromatic nitrogens is 2. The first-order chi connectivity index (χ1) is 14.5. The van der Waals surface area contributed by atoms with Crippen molar-refractivity contribution in [2.75, 3.05) is 13.7 Å². The number of likely N-dealkylation sites (tertiary alicyclic amines) is 1. The highest BCUT2D eigenvalue weighted by Crippen LogP contribution is 2.37. The molecule has 1 saturated carbocycles. The minimum Gasteiger partial charge on any atom is -0.497 e. The number of hydrogen-bond donors (Lipinski definition) is 1. The van der Waals surface area contributed by atoms with Gasteiger partial charge in [-0.15, -0.1) is 0 Å². The molecule has 2 amide bonds. The van der Waals surface area contributed by atoms with Crippen molar-refractivity contribution in [1.82, 2.24) is 20.4 Å². The number of aryl methyl sites for hydroxylation is 1. The van der Waals surface area contributed by atoms with Crippen molar-refractivity contribution in [2.45, 2.75) is 57.5 Å². The van der Waals surface area contributed by atoms with Gasteiger partial charge in [-0.25, -0.2) is 0 Å². The van der Waals surface area contributed by atoms with E-state index in [9.17, 15) is 9.59 Å². The normalized spacial score (nSPS) is 20.9. The fraction of sp³-hybridized carbons (Fsp3) is 0.545. The van der Waals surface area contributed by atoms with Gasteiger partial charge in [0, 0.05) is 19.5 Å². The van der Waals surface area contributed by atoms with Crippen LogP contribution < -0.4 is 10.1 Å². The van der Waals surface area contributed by atoms with Crippen LogP contribution in [0.15, 0.2) is 28.8 Å². The van der Waals surface area contributed by atoms with Gasteiger partial charge in [0.25, 0.3) is 5.89 Å². The lowest BCUT2D eigenvalue weighted by molar-refractivity contribution is -0.130. The molecule has 1 saturated heterocycles. The highest BCUT2D eigenvalue weighted by Gasteiger charge is 2.43. The molecule has 0 spiro atoms. The Labute approximate surface area is 176 Å². The maximum Gasteiger partial charge on any atom is 0.252 e. The van der Waals surface area contributed by atoms with Gasteiger partial charge in [0.1, 0.15) is 11.3 Å². The molecule has 30 heavy (non-hydrogen) atoms. The van der Waals surface area contributed by atoms with Crippen molar-refractivity contribution < 1.29 is 18.8 Å². The zero-order chi connectivity index (χ0) is 21.1. The number of ether oxygens (including phenoxy) is 1. The molecular weight excluding hydrogens is 384 g/mol. The first-order valence-electron chi connectivity index (χ1n) is 10.5. The van der Waals surface area contributed by atoms with Crippen LogP contribution in [0, 0.1) is 12.8 Å². The third-order valence-corrected chi connectivity index (χ3v) is 6.12. The van der Waals surface area contributed by atoms with Gasteiger partial charge in [0.2, 0.25) is 11.8 Å². The van der Waals surface area contributed by atoms with Gasteiger partial charge in [-0.05, 0) is 37.5 Å². The predicted octanol–water partition coefficient (Wildman–Crippen LogP) is 2.71. The van der Waals surface area contributed by atoms with Crippen LogP contribution in [0.25, 0.3) is 0 Å². The number of rotatable bonds is 6. The van der Waals surface area contributed by atoms with Crippen LogP contribution in [-0.4, -0.2) is 40.5 Å². The lowest BCUT2D eigenvalue weighted by Crippen LogP contribution is -2.50. The van der Waals surface area contributed by atoms with Gasteiger partial charge in [-0.2, -0.15) is 4.98 Å². The summed E-state index contributed by atoms with van der Waals surface area (Å²) in [5, 5.41) is 7.11. The molecule has 1 atom stereocenters. The molecule has 2 aliphatic rings. The summed E-state index contributed by atoms with van der Waals surface area (Å²) in [5.74, 6) is 1.32. The van der Waals surface area contributed by atoms with Crippen molar-refractivity contribution in [2.24, 2.45) is 5.92 Å². The summed E-state index contributed by atoms with van der Waals surface area (Å²) in [7, 11) is 1.62. The van der Waals surface area contributed by atoms with Crippen molar-refractivity contribution in [3.05, 3.63) is 41.5 Å². The van der Waals surface area contributed by atoms with Crippen LogP contribution in [-0.2, 0) is 21.7 Å². The van der Waals surface area contributed by atoms with Gasteiger partial charge < -0.3 is 19.5 Å².